The van der Waals surface area contributed by atoms with Crippen molar-refractivity contribution in [3.05, 3.63) is 53.0 Å². The number of amides is 2. The zero-order valence-corrected chi connectivity index (χ0v) is 17.5. The third-order valence-electron chi connectivity index (χ3n) is 4.60. The van der Waals surface area contributed by atoms with E-state index in [1.807, 2.05) is 18.7 Å². The average Bonchev–Trinajstić information content (AvgIpc) is 3.02. The van der Waals surface area contributed by atoms with Crippen LogP contribution in [0, 0.1) is 0 Å². The van der Waals surface area contributed by atoms with Gasteiger partial charge in [0.05, 0.1) is 0 Å². The number of carbonyl (C=O) groups is 1. The summed E-state index contributed by atoms with van der Waals surface area (Å²) in [4.78, 5) is 16.1. The lowest BCUT2D eigenvalue weighted by Crippen LogP contribution is -2.37. The molecule has 0 aliphatic carbocycles. The lowest BCUT2D eigenvalue weighted by atomic mass is 10.2. The number of urea groups is 1. The van der Waals surface area contributed by atoms with Gasteiger partial charge in [0, 0.05) is 29.3 Å². The van der Waals surface area contributed by atoms with Crippen LogP contribution in [0.25, 0.3) is 0 Å². The molecular formula is C19H21BrN2O4S. The Balaban J connectivity index is 1.76. The van der Waals surface area contributed by atoms with Crippen molar-refractivity contribution in [2.24, 2.45) is 0 Å². The number of hydrogen-bond donors (Lipinski definition) is 0. The second kappa shape index (κ2) is 7.90. The van der Waals surface area contributed by atoms with E-state index < -0.39 is 10.1 Å². The van der Waals surface area contributed by atoms with Crippen molar-refractivity contribution in [1.82, 2.24) is 4.90 Å². The van der Waals surface area contributed by atoms with E-state index in [0.29, 0.717) is 18.8 Å². The minimum Gasteiger partial charge on any atom is -0.379 e. The van der Waals surface area contributed by atoms with Crippen LogP contribution in [0.3, 0.4) is 0 Å². The summed E-state index contributed by atoms with van der Waals surface area (Å²) in [7, 11) is -3.95. The van der Waals surface area contributed by atoms with Gasteiger partial charge < -0.3 is 9.08 Å². The van der Waals surface area contributed by atoms with Crippen LogP contribution in [0.1, 0.15) is 20.3 Å². The van der Waals surface area contributed by atoms with Crippen LogP contribution >= 0.6 is 15.9 Å². The van der Waals surface area contributed by atoms with Crippen molar-refractivity contribution in [3.8, 4) is 5.75 Å². The summed E-state index contributed by atoms with van der Waals surface area (Å²) in [5, 5.41) is 0. The molecular weight excluding hydrogens is 432 g/mol. The molecule has 0 spiro atoms. The first-order chi connectivity index (χ1) is 12.8. The van der Waals surface area contributed by atoms with Crippen LogP contribution in [-0.2, 0) is 10.1 Å². The largest absolute Gasteiger partial charge is 0.379 e. The fourth-order valence-electron chi connectivity index (χ4n) is 2.91. The van der Waals surface area contributed by atoms with Crippen LogP contribution in [0.5, 0.6) is 5.75 Å². The summed E-state index contributed by atoms with van der Waals surface area (Å²) >= 11 is 3.28. The molecule has 1 fully saturated rings. The number of hydrogen-bond acceptors (Lipinski definition) is 4. The quantitative estimate of drug-likeness (QED) is 0.614. The molecule has 2 aromatic carbocycles. The molecule has 0 N–H and O–H groups in total. The standard InChI is InChI=1S/C19H21BrN2O4S/c1-3-14(2)21-11-12-22(19(21)23)16-7-9-18(10-8-16)27(24,25)26-17-6-4-5-15(20)13-17/h4-10,13-14H,3,11-12H2,1-2H3. The highest BCUT2D eigenvalue weighted by molar-refractivity contribution is 9.10. The maximum atomic E-state index is 12.6. The second-order valence-corrected chi connectivity index (χ2v) is 8.84. The fraction of sp³-hybridized carbons (Fsp3) is 0.316. The van der Waals surface area contributed by atoms with Crippen LogP contribution in [0.15, 0.2) is 57.9 Å². The van der Waals surface area contributed by atoms with E-state index >= 15 is 0 Å². The number of anilines is 1. The number of nitrogens with zero attached hydrogens (tertiary/aromatic N) is 2. The van der Waals surface area contributed by atoms with Crippen molar-refractivity contribution in [3.63, 3.8) is 0 Å². The van der Waals surface area contributed by atoms with E-state index in [0.717, 1.165) is 10.9 Å². The van der Waals surface area contributed by atoms with Crippen LogP contribution in [0.2, 0.25) is 0 Å². The maximum Gasteiger partial charge on any atom is 0.339 e. The molecule has 6 nitrogen and oxygen atoms in total. The molecule has 2 aromatic rings. The highest BCUT2D eigenvalue weighted by Gasteiger charge is 2.32. The van der Waals surface area contributed by atoms with Gasteiger partial charge in [0.1, 0.15) is 10.6 Å². The first kappa shape index (κ1) is 19.7. The summed E-state index contributed by atoms with van der Waals surface area (Å²) < 4.78 is 30.8. The van der Waals surface area contributed by atoms with Crippen LogP contribution < -0.4 is 9.08 Å². The van der Waals surface area contributed by atoms with Gasteiger partial charge in [-0.1, -0.05) is 28.9 Å². The Morgan fingerprint density at radius 3 is 2.48 bits per heavy atom. The predicted molar refractivity (Wildman–Crippen MR) is 108 cm³/mol. The molecule has 1 aliphatic heterocycles. The Bertz CT molecular complexity index is 931. The average molecular weight is 453 g/mol. The summed E-state index contributed by atoms with van der Waals surface area (Å²) in [5.74, 6) is 0.229. The minimum atomic E-state index is -3.95. The molecule has 3 rings (SSSR count). The highest BCUT2D eigenvalue weighted by atomic mass is 79.9. The molecule has 27 heavy (non-hydrogen) atoms. The van der Waals surface area contributed by atoms with Gasteiger partial charge in [0.2, 0.25) is 0 Å². The van der Waals surface area contributed by atoms with Gasteiger partial charge in [-0.2, -0.15) is 8.42 Å². The summed E-state index contributed by atoms with van der Waals surface area (Å²) in [6, 6.07) is 12.9. The highest BCUT2D eigenvalue weighted by Crippen LogP contribution is 2.26. The molecule has 1 aliphatic rings. The number of rotatable bonds is 6. The normalized spacial score (nSPS) is 15.9. The van der Waals surface area contributed by atoms with E-state index in [2.05, 4.69) is 15.9 Å². The molecule has 1 atom stereocenters. The SMILES string of the molecule is CCC(C)N1CCN(c2ccc(S(=O)(=O)Oc3cccc(Br)c3)cc2)C1=O. The smallest absolute Gasteiger partial charge is 0.339 e. The molecule has 2 amide bonds. The van der Waals surface area contributed by atoms with Gasteiger partial charge in [0.25, 0.3) is 0 Å². The molecule has 0 bridgehead atoms. The topological polar surface area (TPSA) is 66.9 Å². The number of benzene rings is 2. The Kier molecular flexibility index (Phi) is 5.76. The van der Waals surface area contributed by atoms with Gasteiger partial charge >= 0.3 is 16.1 Å². The molecule has 0 aromatic heterocycles. The van der Waals surface area contributed by atoms with Crippen molar-refractivity contribution in [2.45, 2.75) is 31.2 Å². The molecule has 0 saturated carbocycles. The summed E-state index contributed by atoms with van der Waals surface area (Å²) in [6.07, 6.45) is 0.893. The van der Waals surface area contributed by atoms with Gasteiger partial charge in [-0.3, -0.25) is 4.90 Å². The first-order valence-corrected chi connectivity index (χ1v) is 10.9. The van der Waals surface area contributed by atoms with Crippen LogP contribution in [0.4, 0.5) is 10.5 Å². The zero-order valence-electron chi connectivity index (χ0n) is 15.1. The molecule has 1 heterocycles. The Labute approximate surface area is 168 Å². The third-order valence-corrected chi connectivity index (χ3v) is 6.36. The van der Waals surface area contributed by atoms with E-state index in [-0.39, 0.29) is 22.7 Å². The molecule has 1 unspecified atom stereocenters. The molecule has 8 heteroatoms. The van der Waals surface area contributed by atoms with Crippen LogP contribution in [-0.4, -0.2) is 38.5 Å². The van der Waals surface area contributed by atoms with E-state index in [4.69, 9.17) is 4.18 Å². The van der Waals surface area contributed by atoms with Gasteiger partial charge in [0.15, 0.2) is 0 Å². The van der Waals surface area contributed by atoms with Gasteiger partial charge in [-0.25, -0.2) is 4.79 Å². The van der Waals surface area contributed by atoms with Crippen molar-refractivity contribution >= 4 is 37.8 Å². The Hall–Kier alpha value is -2.06. The lowest BCUT2D eigenvalue weighted by Gasteiger charge is -2.23. The lowest BCUT2D eigenvalue weighted by molar-refractivity contribution is 0.203. The van der Waals surface area contributed by atoms with Crippen molar-refractivity contribution in [2.75, 3.05) is 18.0 Å². The molecule has 144 valence electrons. The maximum absolute atomic E-state index is 12.6. The molecule has 0 radical (unpaired) electrons. The van der Waals surface area contributed by atoms with E-state index in [9.17, 15) is 13.2 Å². The van der Waals surface area contributed by atoms with Gasteiger partial charge in [-0.05, 0) is 55.8 Å². The first-order valence-electron chi connectivity index (χ1n) is 8.70. The second-order valence-electron chi connectivity index (χ2n) is 6.37. The van der Waals surface area contributed by atoms with E-state index in [1.165, 1.54) is 12.1 Å². The van der Waals surface area contributed by atoms with Gasteiger partial charge in [-0.15, -0.1) is 0 Å². The Morgan fingerprint density at radius 2 is 1.85 bits per heavy atom. The zero-order chi connectivity index (χ0) is 19.6. The summed E-state index contributed by atoms with van der Waals surface area (Å²) in [6.45, 7) is 5.32. The Morgan fingerprint density at radius 1 is 1.15 bits per heavy atom. The monoisotopic (exact) mass is 452 g/mol. The number of halogens is 1. The van der Waals surface area contributed by atoms with Crippen molar-refractivity contribution in [1.29, 1.82) is 0 Å². The van der Waals surface area contributed by atoms with Crippen molar-refractivity contribution < 1.29 is 17.4 Å². The van der Waals surface area contributed by atoms with E-state index in [1.54, 1.807) is 41.3 Å². The molecule has 1 saturated heterocycles. The third kappa shape index (κ3) is 4.27. The summed E-state index contributed by atoms with van der Waals surface area (Å²) in [5.41, 5.74) is 0.673. The minimum absolute atomic E-state index is 0.0386. The fourth-order valence-corrected chi connectivity index (χ4v) is 4.21. The predicted octanol–water partition coefficient (Wildman–Crippen LogP) is 4.26. The number of carbonyl (C=O) groups excluding carboxylic acids is 1.